The van der Waals surface area contributed by atoms with Gasteiger partial charge in [0, 0.05) is 27.5 Å². The van der Waals surface area contributed by atoms with Crippen LogP contribution in [-0.4, -0.2) is 38.2 Å². The molecule has 7 nitrogen and oxygen atoms in total. The highest BCUT2D eigenvalue weighted by Crippen LogP contribution is 2.37. The summed E-state index contributed by atoms with van der Waals surface area (Å²) in [6.45, 7) is 8.23. The first-order valence-electron chi connectivity index (χ1n) is 14.5. The van der Waals surface area contributed by atoms with Gasteiger partial charge >= 0.3 is 5.97 Å². The van der Waals surface area contributed by atoms with E-state index in [4.69, 9.17) is 9.72 Å². The quantitative estimate of drug-likeness (QED) is 0.0804. The highest BCUT2D eigenvalue weighted by Gasteiger charge is 2.26. The standard InChI is InChI=1S/C34H33N3O4S2/c1-5-41-33(40)23-12-14-25(15-13-23)36-21(3)18-27(22(36)4)28(38)19-42-34-35-31-30(26-16-11-20(2)17-29(26)43-31)32(39)37(34)24-9-7-6-8-10-24/h6-10,12-15,18,20H,5,11,16-17,19H2,1-4H3/t20-/m1/s1. The number of ketones is 1. The highest BCUT2D eigenvalue weighted by molar-refractivity contribution is 7.99. The van der Waals surface area contributed by atoms with Crippen LogP contribution in [0.1, 0.15) is 62.8 Å². The predicted octanol–water partition coefficient (Wildman–Crippen LogP) is 7.13. The molecule has 5 aromatic rings. The number of carbonyl (C=O) groups is 2. The number of esters is 1. The number of ether oxygens (including phenoxy) is 1. The van der Waals surface area contributed by atoms with E-state index in [1.165, 1.54) is 16.6 Å². The SMILES string of the molecule is CCOC(=O)c1ccc(-n2c(C)cc(C(=O)CSc3nc4sc5c(c4c(=O)n3-c3ccccc3)CC[C@@H](C)C5)c2C)cc1. The molecule has 0 saturated carbocycles. The summed E-state index contributed by atoms with van der Waals surface area (Å²) in [5.74, 6) is 0.332. The zero-order chi connectivity index (χ0) is 30.2. The Bertz CT molecular complexity index is 1900. The average Bonchev–Trinajstić information content (AvgIpc) is 3.52. The van der Waals surface area contributed by atoms with Gasteiger partial charge in [0.25, 0.3) is 5.56 Å². The fraction of sp³-hybridized carbons (Fsp3) is 0.294. The van der Waals surface area contributed by atoms with Crippen molar-refractivity contribution in [2.45, 2.75) is 52.1 Å². The van der Waals surface area contributed by atoms with Crippen molar-refractivity contribution in [1.82, 2.24) is 14.1 Å². The van der Waals surface area contributed by atoms with Gasteiger partial charge in [-0.25, -0.2) is 9.78 Å². The molecule has 0 radical (unpaired) electrons. The topological polar surface area (TPSA) is 83.2 Å². The van der Waals surface area contributed by atoms with Gasteiger partial charge in [-0.05, 0) is 94.0 Å². The van der Waals surface area contributed by atoms with E-state index in [0.29, 0.717) is 28.8 Å². The van der Waals surface area contributed by atoms with Crippen LogP contribution in [0.25, 0.3) is 21.6 Å². The molecular formula is C34H33N3O4S2. The lowest BCUT2D eigenvalue weighted by atomic mass is 9.89. The highest BCUT2D eigenvalue weighted by atomic mass is 32.2. The molecule has 2 aromatic carbocycles. The monoisotopic (exact) mass is 611 g/mol. The number of nitrogens with zero attached hydrogens (tertiary/aromatic N) is 3. The van der Waals surface area contributed by atoms with E-state index in [1.54, 1.807) is 35.0 Å². The molecule has 0 amide bonds. The number of carbonyl (C=O) groups excluding carboxylic acids is 2. The molecule has 0 bridgehead atoms. The third kappa shape index (κ3) is 5.47. The first kappa shape index (κ1) is 29.1. The van der Waals surface area contributed by atoms with E-state index in [9.17, 15) is 14.4 Å². The van der Waals surface area contributed by atoms with Gasteiger partial charge < -0.3 is 9.30 Å². The molecule has 6 rings (SSSR count). The zero-order valence-corrected chi connectivity index (χ0v) is 26.3. The smallest absolute Gasteiger partial charge is 0.338 e. The summed E-state index contributed by atoms with van der Waals surface area (Å²) < 4.78 is 8.77. The summed E-state index contributed by atoms with van der Waals surface area (Å²) in [6, 6.07) is 18.6. The third-order valence-corrected chi connectivity index (χ3v) is 10.1. The van der Waals surface area contributed by atoms with Crippen LogP contribution >= 0.6 is 23.1 Å². The van der Waals surface area contributed by atoms with Gasteiger partial charge in [0.1, 0.15) is 4.83 Å². The number of rotatable bonds is 8. The first-order chi connectivity index (χ1) is 20.8. The molecule has 9 heteroatoms. The van der Waals surface area contributed by atoms with E-state index < -0.39 is 0 Å². The van der Waals surface area contributed by atoms with Crippen LogP contribution in [0.3, 0.4) is 0 Å². The van der Waals surface area contributed by atoms with E-state index >= 15 is 0 Å². The van der Waals surface area contributed by atoms with Gasteiger partial charge in [0.2, 0.25) is 0 Å². The van der Waals surface area contributed by atoms with Crippen LogP contribution in [0.2, 0.25) is 0 Å². The van der Waals surface area contributed by atoms with Crippen molar-refractivity contribution in [1.29, 1.82) is 0 Å². The summed E-state index contributed by atoms with van der Waals surface area (Å²) in [6.07, 6.45) is 2.94. The second-order valence-electron chi connectivity index (χ2n) is 11.0. The van der Waals surface area contributed by atoms with E-state index in [0.717, 1.165) is 57.8 Å². The van der Waals surface area contributed by atoms with Crippen molar-refractivity contribution in [3.8, 4) is 11.4 Å². The van der Waals surface area contributed by atoms with Crippen molar-refractivity contribution < 1.29 is 14.3 Å². The second kappa shape index (κ2) is 12.0. The Morgan fingerprint density at radius 1 is 1.05 bits per heavy atom. The molecule has 0 fully saturated rings. The van der Waals surface area contributed by atoms with Gasteiger partial charge in [-0.3, -0.25) is 14.2 Å². The molecule has 0 unspecified atom stereocenters. The summed E-state index contributed by atoms with van der Waals surface area (Å²) in [5, 5.41) is 1.25. The summed E-state index contributed by atoms with van der Waals surface area (Å²) in [7, 11) is 0. The molecule has 3 aromatic heterocycles. The number of Topliss-reactive ketones (excluding diaryl/α,β-unsaturated/α-hetero) is 1. The Hall–Kier alpha value is -3.95. The maximum atomic E-state index is 14.0. The summed E-state index contributed by atoms with van der Waals surface area (Å²) >= 11 is 2.92. The molecule has 1 aliphatic carbocycles. The number of para-hydroxylation sites is 1. The van der Waals surface area contributed by atoms with Crippen molar-refractivity contribution in [3.05, 3.63) is 104 Å². The molecule has 3 heterocycles. The van der Waals surface area contributed by atoms with Gasteiger partial charge in [0.05, 0.1) is 29.0 Å². The number of aryl methyl sites for hydroxylation is 2. The third-order valence-electron chi connectivity index (χ3n) is 8.01. The summed E-state index contributed by atoms with van der Waals surface area (Å²) in [5.41, 5.74) is 5.51. The van der Waals surface area contributed by atoms with E-state index in [2.05, 4.69) is 6.92 Å². The van der Waals surface area contributed by atoms with Crippen LogP contribution in [0, 0.1) is 19.8 Å². The lowest BCUT2D eigenvalue weighted by Gasteiger charge is -2.17. The molecule has 220 valence electrons. The fourth-order valence-corrected chi connectivity index (χ4v) is 8.20. The molecule has 1 atom stereocenters. The first-order valence-corrected chi connectivity index (χ1v) is 16.3. The minimum absolute atomic E-state index is 0.0410. The van der Waals surface area contributed by atoms with Crippen molar-refractivity contribution in [3.63, 3.8) is 0 Å². The average molecular weight is 612 g/mol. The van der Waals surface area contributed by atoms with Crippen LogP contribution in [-0.2, 0) is 17.6 Å². The van der Waals surface area contributed by atoms with Crippen molar-refractivity contribution in [2.24, 2.45) is 5.92 Å². The Labute approximate surface area is 258 Å². The van der Waals surface area contributed by atoms with Gasteiger partial charge in [-0.1, -0.05) is 36.9 Å². The Balaban J connectivity index is 1.32. The largest absolute Gasteiger partial charge is 0.462 e. The number of aromatic nitrogens is 3. The predicted molar refractivity (Wildman–Crippen MR) is 173 cm³/mol. The molecule has 0 aliphatic heterocycles. The lowest BCUT2D eigenvalue weighted by molar-refractivity contribution is 0.0526. The molecule has 43 heavy (non-hydrogen) atoms. The van der Waals surface area contributed by atoms with Gasteiger partial charge in [0.15, 0.2) is 10.9 Å². The number of benzene rings is 2. The van der Waals surface area contributed by atoms with Gasteiger partial charge in [-0.15, -0.1) is 11.3 Å². The Morgan fingerprint density at radius 3 is 2.49 bits per heavy atom. The molecule has 0 saturated heterocycles. The maximum absolute atomic E-state index is 14.0. The van der Waals surface area contributed by atoms with Crippen molar-refractivity contribution >= 4 is 45.1 Å². The number of hydrogen-bond donors (Lipinski definition) is 0. The molecule has 1 aliphatic rings. The number of fused-ring (bicyclic) bond motifs is 3. The minimum Gasteiger partial charge on any atom is -0.462 e. The Morgan fingerprint density at radius 2 is 1.77 bits per heavy atom. The maximum Gasteiger partial charge on any atom is 0.338 e. The zero-order valence-electron chi connectivity index (χ0n) is 24.7. The van der Waals surface area contributed by atoms with Crippen LogP contribution < -0.4 is 5.56 Å². The van der Waals surface area contributed by atoms with E-state index in [-0.39, 0.29) is 23.1 Å². The number of thioether (sulfide) groups is 1. The summed E-state index contributed by atoms with van der Waals surface area (Å²) in [4.78, 5) is 46.8. The minimum atomic E-state index is -0.360. The molecule has 0 N–H and O–H groups in total. The van der Waals surface area contributed by atoms with Crippen molar-refractivity contribution in [2.75, 3.05) is 12.4 Å². The van der Waals surface area contributed by atoms with Gasteiger partial charge in [-0.2, -0.15) is 0 Å². The van der Waals surface area contributed by atoms with Crippen LogP contribution in [0.5, 0.6) is 0 Å². The second-order valence-corrected chi connectivity index (χ2v) is 13.0. The Kier molecular flexibility index (Phi) is 8.11. The number of thiophene rings is 1. The normalized spacial score (nSPS) is 14.6. The fourth-order valence-electron chi connectivity index (χ4n) is 5.88. The van der Waals surface area contributed by atoms with E-state index in [1.807, 2.05) is 66.9 Å². The van der Waals surface area contributed by atoms with Crippen LogP contribution in [0.4, 0.5) is 0 Å². The van der Waals surface area contributed by atoms with Crippen LogP contribution in [0.15, 0.2) is 70.6 Å². The lowest BCUT2D eigenvalue weighted by Crippen LogP contribution is -2.23. The number of hydrogen-bond acceptors (Lipinski definition) is 7. The molecule has 0 spiro atoms. The molecular weight excluding hydrogens is 579 g/mol.